The molecule has 0 unspecified atom stereocenters. The van der Waals surface area contributed by atoms with Crippen LogP contribution in [-0.4, -0.2) is 16.6 Å². The lowest BCUT2D eigenvalue weighted by molar-refractivity contribution is -0.104. The molecule has 0 amide bonds. The van der Waals surface area contributed by atoms with E-state index in [0.29, 0.717) is 12.0 Å². The van der Waals surface area contributed by atoms with E-state index >= 15 is 0 Å². The largest absolute Gasteiger partial charge is 0.341 e. The van der Waals surface area contributed by atoms with Crippen LogP contribution in [0, 0.1) is 0 Å². The molecule has 0 bridgehead atoms. The summed E-state index contributed by atoms with van der Waals surface area (Å²) in [5.41, 5.74) is 1.39. The van der Waals surface area contributed by atoms with Gasteiger partial charge in [0.15, 0.2) is 6.29 Å². The molecule has 0 radical (unpaired) electrons. The molecule has 14 heavy (non-hydrogen) atoms. The fourth-order valence-electron chi connectivity index (χ4n) is 1.59. The third kappa shape index (κ3) is 1.14. The smallest absolute Gasteiger partial charge is 0.241 e. The number of aromatic nitrogens is 1. The lowest BCUT2D eigenvalue weighted by Crippen LogP contribution is -2.05. The molecule has 0 aliphatic heterocycles. The van der Waals surface area contributed by atoms with Crippen molar-refractivity contribution in [3.05, 3.63) is 36.0 Å². The first-order valence-electron chi connectivity index (χ1n) is 4.28. The zero-order chi connectivity index (χ0) is 10.1. The van der Waals surface area contributed by atoms with Crippen molar-refractivity contribution in [2.24, 2.45) is 7.05 Å². The van der Waals surface area contributed by atoms with Gasteiger partial charge in [0.1, 0.15) is 0 Å². The number of fused-ring (bicyclic) bond motifs is 1. The molecule has 1 aromatic carbocycles. The molecule has 0 saturated heterocycles. The Hall–Kier alpha value is -1.90. The Bertz CT molecular complexity index is 511. The maximum atomic E-state index is 11.2. The molecular weight excluding hydrogens is 178 g/mol. The summed E-state index contributed by atoms with van der Waals surface area (Å²) in [6.45, 7) is 0. The van der Waals surface area contributed by atoms with Gasteiger partial charge < -0.3 is 4.57 Å². The van der Waals surface area contributed by atoms with Gasteiger partial charge in [-0.25, -0.2) is 0 Å². The Balaban J connectivity index is 2.74. The highest BCUT2D eigenvalue weighted by molar-refractivity contribution is 6.33. The minimum atomic E-state index is -0.483. The molecule has 0 saturated carbocycles. The second kappa shape index (κ2) is 3.10. The zero-order valence-corrected chi connectivity index (χ0v) is 7.73. The van der Waals surface area contributed by atoms with Crippen LogP contribution < -0.4 is 0 Å². The van der Waals surface area contributed by atoms with Crippen LogP contribution in [0.2, 0.25) is 0 Å². The molecule has 1 heterocycles. The third-order valence-corrected chi connectivity index (χ3v) is 2.31. The third-order valence-electron chi connectivity index (χ3n) is 2.31. The van der Waals surface area contributed by atoms with Crippen LogP contribution in [0.1, 0.15) is 10.5 Å². The minimum absolute atomic E-state index is 0.341. The topological polar surface area (TPSA) is 39.1 Å². The van der Waals surface area contributed by atoms with Crippen LogP contribution in [0.4, 0.5) is 0 Å². The van der Waals surface area contributed by atoms with E-state index in [2.05, 4.69) is 0 Å². The Morgan fingerprint density at radius 2 is 2.07 bits per heavy atom. The van der Waals surface area contributed by atoms with Gasteiger partial charge in [-0.1, -0.05) is 18.2 Å². The molecule has 0 atom stereocenters. The molecule has 2 rings (SSSR count). The van der Waals surface area contributed by atoms with Crippen LogP contribution in [0.15, 0.2) is 30.3 Å². The van der Waals surface area contributed by atoms with Gasteiger partial charge in [0.2, 0.25) is 5.78 Å². The summed E-state index contributed by atoms with van der Waals surface area (Å²) in [5.74, 6) is -0.483. The van der Waals surface area contributed by atoms with Crippen LogP contribution in [-0.2, 0) is 11.8 Å². The first kappa shape index (κ1) is 8.69. The summed E-state index contributed by atoms with van der Waals surface area (Å²) in [4.78, 5) is 21.6. The van der Waals surface area contributed by atoms with Crippen molar-refractivity contribution in [3.63, 3.8) is 0 Å². The van der Waals surface area contributed by atoms with E-state index < -0.39 is 5.78 Å². The van der Waals surface area contributed by atoms with Gasteiger partial charge in [0.05, 0.1) is 5.69 Å². The molecule has 3 nitrogen and oxygen atoms in total. The molecule has 0 N–H and O–H groups in total. The number of aldehydes is 1. The second-order valence-electron chi connectivity index (χ2n) is 3.13. The first-order valence-corrected chi connectivity index (χ1v) is 4.28. The SMILES string of the molecule is Cn1c(C(=O)C=O)cc2ccccc21. The number of ketones is 1. The average Bonchev–Trinajstić information content (AvgIpc) is 2.56. The Morgan fingerprint density at radius 1 is 1.36 bits per heavy atom. The number of hydrogen-bond acceptors (Lipinski definition) is 2. The highest BCUT2D eigenvalue weighted by Gasteiger charge is 2.11. The van der Waals surface area contributed by atoms with Gasteiger partial charge in [-0.05, 0) is 12.1 Å². The summed E-state index contributed by atoms with van der Waals surface area (Å²) < 4.78 is 1.73. The Kier molecular flexibility index (Phi) is 1.93. The first-order chi connectivity index (χ1) is 6.74. The van der Waals surface area contributed by atoms with Gasteiger partial charge in [-0.15, -0.1) is 0 Å². The predicted molar refractivity (Wildman–Crippen MR) is 53.3 cm³/mol. The van der Waals surface area contributed by atoms with E-state index in [0.717, 1.165) is 10.9 Å². The van der Waals surface area contributed by atoms with Crippen molar-refractivity contribution in [1.82, 2.24) is 4.57 Å². The number of Topliss-reactive ketones (excluding diaryl/α,β-unsaturated/α-hetero) is 1. The fourth-order valence-corrected chi connectivity index (χ4v) is 1.59. The van der Waals surface area contributed by atoms with E-state index in [-0.39, 0.29) is 0 Å². The van der Waals surface area contributed by atoms with Crippen molar-refractivity contribution < 1.29 is 9.59 Å². The molecule has 1 aromatic heterocycles. The van der Waals surface area contributed by atoms with Crippen molar-refractivity contribution >= 4 is 23.0 Å². The van der Waals surface area contributed by atoms with Gasteiger partial charge in [-0.2, -0.15) is 0 Å². The Labute approximate surface area is 81.0 Å². The van der Waals surface area contributed by atoms with Crippen LogP contribution >= 0.6 is 0 Å². The summed E-state index contributed by atoms with van der Waals surface area (Å²) in [5, 5.41) is 0.972. The van der Waals surface area contributed by atoms with Crippen LogP contribution in [0.25, 0.3) is 10.9 Å². The molecule has 3 heteroatoms. The van der Waals surface area contributed by atoms with Gasteiger partial charge in [0.25, 0.3) is 0 Å². The van der Waals surface area contributed by atoms with Gasteiger partial charge >= 0.3 is 0 Å². The van der Waals surface area contributed by atoms with E-state index in [1.807, 2.05) is 24.3 Å². The zero-order valence-electron chi connectivity index (χ0n) is 7.73. The van der Waals surface area contributed by atoms with E-state index in [4.69, 9.17) is 0 Å². The summed E-state index contributed by atoms with van der Waals surface area (Å²) in [7, 11) is 1.78. The second-order valence-corrected chi connectivity index (χ2v) is 3.13. The standard InChI is InChI=1S/C11H9NO2/c1-12-9-5-3-2-4-8(9)6-10(12)11(14)7-13/h2-7H,1H3. The molecule has 2 aromatic rings. The fraction of sp³-hybridized carbons (Fsp3) is 0.0909. The molecule has 0 aliphatic rings. The number of para-hydroxylation sites is 1. The van der Waals surface area contributed by atoms with Crippen LogP contribution in [0.5, 0.6) is 0 Å². The van der Waals surface area contributed by atoms with Crippen molar-refractivity contribution in [1.29, 1.82) is 0 Å². The number of nitrogens with zero attached hydrogens (tertiary/aromatic N) is 1. The molecule has 70 valence electrons. The summed E-state index contributed by atoms with van der Waals surface area (Å²) in [6.07, 6.45) is 0.341. The number of hydrogen-bond donors (Lipinski definition) is 0. The number of benzene rings is 1. The maximum Gasteiger partial charge on any atom is 0.241 e. The van der Waals surface area contributed by atoms with Crippen molar-refractivity contribution in [2.45, 2.75) is 0 Å². The maximum absolute atomic E-state index is 11.2. The number of carbonyl (C=O) groups is 2. The van der Waals surface area contributed by atoms with Crippen molar-refractivity contribution in [3.8, 4) is 0 Å². The quantitative estimate of drug-likeness (QED) is 0.406. The number of rotatable bonds is 2. The molecule has 0 fully saturated rings. The average molecular weight is 187 g/mol. The van der Waals surface area contributed by atoms with Gasteiger partial charge in [0, 0.05) is 18.0 Å². The number of carbonyl (C=O) groups excluding carboxylic acids is 2. The highest BCUT2D eigenvalue weighted by Crippen LogP contribution is 2.17. The van der Waals surface area contributed by atoms with Gasteiger partial charge in [-0.3, -0.25) is 9.59 Å². The Morgan fingerprint density at radius 3 is 2.71 bits per heavy atom. The predicted octanol–water partition coefficient (Wildman–Crippen LogP) is 1.56. The lowest BCUT2D eigenvalue weighted by atomic mass is 10.2. The molecular formula is C11H9NO2. The summed E-state index contributed by atoms with van der Waals surface area (Å²) in [6, 6.07) is 9.36. The molecule has 0 spiro atoms. The van der Waals surface area contributed by atoms with E-state index in [1.165, 1.54) is 0 Å². The minimum Gasteiger partial charge on any atom is -0.341 e. The van der Waals surface area contributed by atoms with Crippen molar-refractivity contribution in [2.75, 3.05) is 0 Å². The highest BCUT2D eigenvalue weighted by atomic mass is 16.2. The summed E-state index contributed by atoms with van der Waals surface area (Å²) >= 11 is 0. The number of aryl methyl sites for hydroxylation is 1. The molecule has 0 aliphatic carbocycles. The monoisotopic (exact) mass is 187 g/mol. The van der Waals surface area contributed by atoms with Crippen LogP contribution in [0.3, 0.4) is 0 Å². The van der Waals surface area contributed by atoms with E-state index in [1.54, 1.807) is 17.7 Å². The van der Waals surface area contributed by atoms with E-state index in [9.17, 15) is 9.59 Å². The lowest BCUT2D eigenvalue weighted by Gasteiger charge is -1.98. The normalized spacial score (nSPS) is 10.4.